The van der Waals surface area contributed by atoms with Crippen LogP contribution in [-0.4, -0.2) is 79.5 Å². The molecule has 0 spiro atoms. The lowest BCUT2D eigenvalue weighted by Gasteiger charge is -2.39. The molecule has 2 aliphatic rings. The van der Waals surface area contributed by atoms with E-state index in [2.05, 4.69) is 0 Å². The predicted octanol–water partition coefficient (Wildman–Crippen LogP) is 3.98. The van der Waals surface area contributed by atoms with Gasteiger partial charge in [-0.05, 0) is 42.0 Å². The lowest BCUT2D eigenvalue weighted by molar-refractivity contribution is -0.0191. The molecular weight excluding hydrogens is 700 g/mol. The van der Waals surface area contributed by atoms with Gasteiger partial charge in [0.2, 0.25) is 0 Å². The third kappa shape index (κ3) is 5.85. The molecule has 5 aromatic carbocycles. The molecule has 0 amide bonds. The molecule has 2 aliphatic heterocycles. The number of hydrogen-bond donors (Lipinski definition) is 12. The molecule has 0 aromatic heterocycles. The number of carbonyl (C=O) groups is 1. The van der Waals surface area contributed by atoms with Gasteiger partial charge in [0.05, 0.1) is 11.5 Å². The number of aromatic hydroxyl groups is 11. The number of benzene rings is 5. The van der Waals surface area contributed by atoms with Gasteiger partial charge in [-0.3, -0.25) is 0 Å². The van der Waals surface area contributed by atoms with E-state index < -0.39 is 105 Å². The Morgan fingerprint density at radius 2 is 1.13 bits per heavy atom. The molecule has 5 atom stereocenters. The smallest absolute Gasteiger partial charge is 0.338 e. The van der Waals surface area contributed by atoms with Crippen LogP contribution in [0.3, 0.4) is 0 Å². The van der Waals surface area contributed by atoms with Gasteiger partial charge < -0.3 is 75.5 Å². The van der Waals surface area contributed by atoms with E-state index >= 15 is 0 Å². The highest BCUT2D eigenvalue weighted by molar-refractivity contribution is 5.91. The summed E-state index contributed by atoms with van der Waals surface area (Å²) in [6.07, 6.45) is -6.10. The zero-order valence-electron chi connectivity index (χ0n) is 26.9. The van der Waals surface area contributed by atoms with E-state index in [1.807, 2.05) is 0 Å². The Morgan fingerprint density at radius 1 is 0.566 bits per heavy atom. The van der Waals surface area contributed by atoms with Crippen LogP contribution in [0.15, 0.2) is 66.7 Å². The molecule has 0 saturated heterocycles. The van der Waals surface area contributed by atoms with Crippen LogP contribution in [0.4, 0.5) is 0 Å². The minimum Gasteiger partial charge on any atom is -0.508 e. The number of phenols is 11. The maximum Gasteiger partial charge on any atom is 0.338 e. The Balaban J connectivity index is 1.35. The predicted molar refractivity (Wildman–Crippen MR) is 178 cm³/mol. The molecule has 274 valence electrons. The summed E-state index contributed by atoms with van der Waals surface area (Å²) in [5.41, 5.74) is -0.657. The third-order valence-electron chi connectivity index (χ3n) is 9.23. The fourth-order valence-corrected chi connectivity index (χ4v) is 6.71. The van der Waals surface area contributed by atoms with Crippen LogP contribution in [0.1, 0.15) is 56.3 Å². The van der Waals surface area contributed by atoms with E-state index in [-0.39, 0.29) is 45.7 Å². The van der Waals surface area contributed by atoms with Crippen molar-refractivity contribution in [3.05, 3.63) is 100 Å². The summed E-state index contributed by atoms with van der Waals surface area (Å²) in [6, 6.07) is 12.1. The monoisotopic (exact) mass is 730 g/mol. The number of aliphatic hydroxyl groups is 1. The highest BCUT2D eigenvalue weighted by Gasteiger charge is 2.46. The van der Waals surface area contributed by atoms with Crippen molar-refractivity contribution < 1.29 is 80.3 Å². The second-order valence-electron chi connectivity index (χ2n) is 12.6. The first-order valence-electron chi connectivity index (χ1n) is 15.8. The zero-order chi connectivity index (χ0) is 38.0. The van der Waals surface area contributed by atoms with Crippen molar-refractivity contribution >= 4 is 5.97 Å². The number of carbonyl (C=O) groups excluding carboxylic acids is 1. The topological polar surface area (TPSA) is 288 Å². The van der Waals surface area contributed by atoms with Gasteiger partial charge in [-0.2, -0.15) is 0 Å². The summed E-state index contributed by atoms with van der Waals surface area (Å²) in [5.74, 6) is -9.82. The molecule has 0 aliphatic carbocycles. The molecule has 0 saturated carbocycles. The van der Waals surface area contributed by atoms with Gasteiger partial charge in [0, 0.05) is 46.9 Å². The standard InChI is InChI=1S/C37H30O16/c38-16-9-22(43)29-27(10-16)52-36(14-2-4-19(40)21(42)6-14)34(49)31(29)30-23(44)12-26-17(32(30)47)11-28(35(51-26)13-1-3-18(39)20(41)5-13)53-37(50)15-7-24(45)33(48)25(46)8-15/h1-10,12,28,31,34-36,38-49H,11H2. The Labute approximate surface area is 297 Å². The van der Waals surface area contributed by atoms with E-state index in [9.17, 15) is 66.1 Å². The SMILES string of the molecule is O=C(OC1Cc2c(cc(O)c(C3c4c(O)cc(O)cc4OC(c4ccc(O)c(O)c4)C3O)c2O)OC1c1ccc(O)c(O)c1)c1cc(O)c(O)c(O)c1. The summed E-state index contributed by atoms with van der Waals surface area (Å²) in [4.78, 5) is 13.4. The van der Waals surface area contributed by atoms with Crippen LogP contribution in [0.2, 0.25) is 0 Å². The Bertz CT molecular complexity index is 2280. The van der Waals surface area contributed by atoms with Crippen molar-refractivity contribution in [3.63, 3.8) is 0 Å². The Morgan fingerprint density at radius 3 is 1.74 bits per heavy atom. The number of hydrogen-bond acceptors (Lipinski definition) is 16. The number of fused-ring (bicyclic) bond motifs is 2. The quantitative estimate of drug-likeness (QED) is 0.0899. The second kappa shape index (κ2) is 12.6. The molecule has 53 heavy (non-hydrogen) atoms. The molecule has 7 rings (SSSR count). The van der Waals surface area contributed by atoms with Crippen LogP contribution in [0, 0.1) is 0 Å². The minimum atomic E-state index is -1.72. The average Bonchev–Trinajstić information content (AvgIpc) is 3.10. The van der Waals surface area contributed by atoms with Crippen molar-refractivity contribution in [2.45, 2.75) is 36.8 Å². The maximum absolute atomic E-state index is 13.4. The first-order valence-corrected chi connectivity index (χ1v) is 15.8. The van der Waals surface area contributed by atoms with E-state index in [1.54, 1.807) is 0 Å². The summed E-state index contributed by atoms with van der Waals surface area (Å²) >= 11 is 0. The van der Waals surface area contributed by atoms with Gasteiger partial charge in [0.15, 0.2) is 52.5 Å². The molecule has 16 heteroatoms. The molecule has 0 fully saturated rings. The number of phenolic OH excluding ortho intramolecular Hbond substituents is 11. The second-order valence-corrected chi connectivity index (χ2v) is 12.6. The first kappa shape index (κ1) is 34.4. The van der Waals surface area contributed by atoms with Gasteiger partial charge >= 0.3 is 5.97 Å². The number of rotatable bonds is 5. The van der Waals surface area contributed by atoms with Gasteiger partial charge in [-0.15, -0.1) is 0 Å². The van der Waals surface area contributed by atoms with E-state index in [4.69, 9.17) is 14.2 Å². The highest BCUT2D eigenvalue weighted by Crippen LogP contribution is 2.57. The molecular formula is C37H30O16. The Kier molecular flexibility index (Phi) is 8.18. The number of aliphatic hydroxyl groups excluding tert-OH is 1. The summed E-state index contributed by atoms with van der Waals surface area (Å²) in [7, 11) is 0. The molecule has 5 unspecified atom stereocenters. The minimum absolute atomic E-state index is 0.0661. The Hall–Kier alpha value is -7.07. The molecule has 5 aromatic rings. The largest absolute Gasteiger partial charge is 0.508 e. The maximum atomic E-state index is 13.4. The fourth-order valence-electron chi connectivity index (χ4n) is 6.71. The van der Waals surface area contributed by atoms with E-state index in [0.717, 1.165) is 54.6 Å². The van der Waals surface area contributed by atoms with Crippen LogP contribution in [0.5, 0.6) is 74.7 Å². The molecule has 16 nitrogen and oxygen atoms in total. The number of esters is 1. The molecule has 0 bridgehead atoms. The van der Waals surface area contributed by atoms with Crippen LogP contribution >= 0.6 is 0 Å². The average molecular weight is 731 g/mol. The summed E-state index contributed by atoms with van der Waals surface area (Å²) in [6.45, 7) is 0. The lowest BCUT2D eigenvalue weighted by atomic mass is 9.77. The third-order valence-corrected chi connectivity index (χ3v) is 9.23. The van der Waals surface area contributed by atoms with Gasteiger partial charge in [-0.25, -0.2) is 4.79 Å². The highest BCUT2D eigenvalue weighted by atomic mass is 16.6. The van der Waals surface area contributed by atoms with Crippen molar-refractivity contribution in [3.8, 4) is 74.7 Å². The molecule has 0 radical (unpaired) electrons. The van der Waals surface area contributed by atoms with E-state index in [1.165, 1.54) is 12.1 Å². The van der Waals surface area contributed by atoms with Gasteiger partial charge in [-0.1, -0.05) is 12.1 Å². The van der Waals surface area contributed by atoms with Crippen LogP contribution in [0.25, 0.3) is 0 Å². The fraction of sp³-hybridized carbons (Fsp3) is 0.162. The normalized spacial score (nSPS) is 20.4. The van der Waals surface area contributed by atoms with E-state index in [0.29, 0.717) is 0 Å². The van der Waals surface area contributed by atoms with Gasteiger partial charge in [0.25, 0.3) is 0 Å². The number of ether oxygens (including phenoxy) is 3. The zero-order valence-corrected chi connectivity index (χ0v) is 26.9. The first-order chi connectivity index (χ1) is 25.1. The van der Waals surface area contributed by atoms with Gasteiger partial charge in [0.1, 0.15) is 46.7 Å². The molecule has 2 heterocycles. The van der Waals surface area contributed by atoms with Crippen LogP contribution < -0.4 is 9.47 Å². The molecule has 12 N–H and O–H groups in total. The van der Waals surface area contributed by atoms with Crippen molar-refractivity contribution in [1.29, 1.82) is 0 Å². The van der Waals surface area contributed by atoms with Crippen LogP contribution in [-0.2, 0) is 11.2 Å². The van der Waals surface area contributed by atoms with Crippen molar-refractivity contribution in [1.82, 2.24) is 0 Å². The van der Waals surface area contributed by atoms with Crippen molar-refractivity contribution in [2.75, 3.05) is 0 Å². The lowest BCUT2D eigenvalue weighted by Crippen LogP contribution is -2.36. The summed E-state index contributed by atoms with van der Waals surface area (Å²) in [5, 5.41) is 126. The summed E-state index contributed by atoms with van der Waals surface area (Å²) < 4.78 is 17.8. The van der Waals surface area contributed by atoms with Crippen molar-refractivity contribution in [2.24, 2.45) is 0 Å².